The van der Waals surface area contributed by atoms with Gasteiger partial charge in [-0.05, 0) is 89.4 Å². The average Bonchev–Trinajstić information content (AvgIpc) is 3.47. The number of benzene rings is 5. The van der Waals surface area contributed by atoms with Gasteiger partial charge in [0.2, 0.25) is 0 Å². The van der Waals surface area contributed by atoms with E-state index in [1.54, 1.807) is 18.2 Å². The summed E-state index contributed by atoms with van der Waals surface area (Å²) in [5.41, 5.74) is 5.03. The van der Waals surface area contributed by atoms with Crippen LogP contribution < -0.4 is 25.6 Å². The van der Waals surface area contributed by atoms with Crippen molar-refractivity contribution in [3.05, 3.63) is 103 Å². The molecular formula is C38H39N5O3S. The topological polar surface area (TPSA) is 103 Å². The summed E-state index contributed by atoms with van der Waals surface area (Å²) in [5, 5.41) is 13.7. The average molecular weight is 646 g/mol. The zero-order valence-electron chi connectivity index (χ0n) is 26.3. The van der Waals surface area contributed by atoms with Crippen molar-refractivity contribution in [2.45, 2.75) is 42.0 Å². The molecule has 2 heterocycles. The molecule has 4 N–H and O–H groups in total. The number of urea groups is 1. The van der Waals surface area contributed by atoms with Crippen LogP contribution in [-0.2, 0) is 10.0 Å². The van der Waals surface area contributed by atoms with Gasteiger partial charge in [0.25, 0.3) is 10.0 Å². The molecule has 0 aromatic heterocycles. The molecule has 1 spiro atoms. The molecule has 1 aliphatic carbocycles. The van der Waals surface area contributed by atoms with E-state index in [4.69, 9.17) is 0 Å². The molecule has 3 aliphatic rings. The first-order chi connectivity index (χ1) is 22.9. The number of anilines is 2. The van der Waals surface area contributed by atoms with Gasteiger partial charge in [0.05, 0.1) is 10.4 Å². The van der Waals surface area contributed by atoms with Crippen molar-refractivity contribution in [3.63, 3.8) is 0 Å². The van der Waals surface area contributed by atoms with Gasteiger partial charge in [-0.25, -0.2) is 13.2 Å². The van der Waals surface area contributed by atoms with Crippen LogP contribution in [0.2, 0.25) is 0 Å². The number of nitrogens with zero attached hydrogens (tertiary/aromatic N) is 1. The molecule has 9 heteroatoms. The van der Waals surface area contributed by atoms with E-state index < -0.39 is 10.0 Å². The third kappa shape index (κ3) is 5.57. The Bertz CT molecular complexity index is 2090. The van der Waals surface area contributed by atoms with Crippen LogP contribution in [-0.4, -0.2) is 52.7 Å². The molecule has 8 nitrogen and oxygen atoms in total. The van der Waals surface area contributed by atoms with Gasteiger partial charge in [-0.1, -0.05) is 66.7 Å². The molecule has 240 valence electrons. The molecule has 0 radical (unpaired) electrons. The van der Waals surface area contributed by atoms with Gasteiger partial charge in [0.1, 0.15) is 0 Å². The predicted molar refractivity (Wildman–Crippen MR) is 190 cm³/mol. The SMILES string of the molecule is O=C1NCC2(CCC(c3c(-c4ccc5c(S(=O)(=O)Nc6ccccc6)ccc(N6CCNCC6)c5c4)ccc4ccccc34)CC2)N1. The first kappa shape index (κ1) is 29.8. The first-order valence-electron chi connectivity index (χ1n) is 16.6. The number of nitrogens with one attached hydrogen (secondary N) is 4. The summed E-state index contributed by atoms with van der Waals surface area (Å²) in [6, 6.07) is 32.0. The van der Waals surface area contributed by atoms with Crippen molar-refractivity contribution in [1.82, 2.24) is 16.0 Å². The van der Waals surface area contributed by atoms with E-state index in [0.717, 1.165) is 68.5 Å². The number of piperazine rings is 1. The molecule has 5 aromatic carbocycles. The van der Waals surface area contributed by atoms with Crippen molar-refractivity contribution >= 4 is 49.0 Å². The molecular weight excluding hydrogens is 607 g/mol. The Hall–Kier alpha value is -4.60. The van der Waals surface area contributed by atoms with Crippen LogP contribution in [0.4, 0.5) is 16.2 Å². The summed E-state index contributed by atoms with van der Waals surface area (Å²) in [7, 11) is -3.85. The van der Waals surface area contributed by atoms with E-state index in [-0.39, 0.29) is 16.5 Å². The molecule has 2 saturated heterocycles. The van der Waals surface area contributed by atoms with Gasteiger partial charge in [-0.15, -0.1) is 0 Å². The quantitative estimate of drug-likeness (QED) is 0.167. The highest BCUT2D eigenvalue weighted by atomic mass is 32.2. The van der Waals surface area contributed by atoms with Crippen LogP contribution >= 0.6 is 0 Å². The highest BCUT2D eigenvalue weighted by molar-refractivity contribution is 7.93. The van der Waals surface area contributed by atoms with E-state index >= 15 is 0 Å². The summed E-state index contributed by atoms with van der Waals surface area (Å²) in [4.78, 5) is 14.7. The van der Waals surface area contributed by atoms with Crippen LogP contribution in [0.25, 0.3) is 32.7 Å². The van der Waals surface area contributed by atoms with Crippen molar-refractivity contribution in [2.75, 3.05) is 42.3 Å². The minimum Gasteiger partial charge on any atom is -0.368 e. The number of rotatable bonds is 6. The van der Waals surface area contributed by atoms with E-state index in [9.17, 15) is 13.2 Å². The fourth-order valence-corrected chi connectivity index (χ4v) is 9.20. The molecule has 0 bridgehead atoms. The number of sulfonamides is 1. The molecule has 5 aromatic rings. The lowest BCUT2D eigenvalue weighted by atomic mass is 9.72. The number of carbonyl (C=O) groups excluding carboxylic acids is 1. The van der Waals surface area contributed by atoms with Crippen molar-refractivity contribution < 1.29 is 13.2 Å². The summed E-state index contributed by atoms with van der Waals surface area (Å²) in [6.07, 6.45) is 3.82. The normalized spacial score (nSPS) is 21.6. The van der Waals surface area contributed by atoms with Crippen LogP contribution in [0.15, 0.2) is 102 Å². The Labute approximate surface area is 275 Å². The van der Waals surface area contributed by atoms with Gasteiger partial charge in [0, 0.05) is 54.9 Å². The Morgan fingerprint density at radius 1 is 0.787 bits per heavy atom. The Morgan fingerprint density at radius 3 is 2.32 bits per heavy atom. The standard InChI is InChI=1S/C38H39N5O3S/c44-37-40-25-38(41-37)18-16-27(17-19-38)36-30-9-5-4-6-26(30)10-12-31(36)28-11-13-32-33(24-28)34(43-22-20-39-21-23-43)14-15-35(32)47(45,46)42-29-7-2-1-3-8-29/h1-15,24,27,39,42H,16-23,25H2,(H2,40,41,44). The van der Waals surface area contributed by atoms with Crippen LogP contribution in [0.3, 0.4) is 0 Å². The molecule has 8 rings (SSSR count). The third-order valence-electron chi connectivity index (χ3n) is 10.3. The minimum absolute atomic E-state index is 0.0638. The second-order valence-electron chi connectivity index (χ2n) is 13.2. The zero-order valence-corrected chi connectivity index (χ0v) is 27.1. The molecule has 2 aliphatic heterocycles. The zero-order chi connectivity index (χ0) is 32.0. The molecule has 1 saturated carbocycles. The lowest BCUT2D eigenvalue weighted by molar-refractivity contribution is 0.231. The number of para-hydroxylation sites is 1. The number of hydrogen-bond acceptors (Lipinski definition) is 5. The van der Waals surface area contributed by atoms with Gasteiger partial charge in [0.15, 0.2) is 0 Å². The van der Waals surface area contributed by atoms with Gasteiger partial charge >= 0.3 is 6.03 Å². The maximum Gasteiger partial charge on any atom is 0.315 e. The molecule has 3 fully saturated rings. The summed E-state index contributed by atoms with van der Waals surface area (Å²) in [5.74, 6) is 0.337. The summed E-state index contributed by atoms with van der Waals surface area (Å²) in [6.45, 7) is 4.15. The minimum atomic E-state index is -3.85. The Kier molecular flexibility index (Phi) is 7.53. The highest BCUT2D eigenvalue weighted by Gasteiger charge is 2.41. The van der Waals surface area contributed by atoms with Gasteiger partial charge < -0.3 is 20.9 Å². The lowest BCUT2D eigenvalue weighted by Gasteiger charge is -2.37. The number of amides is 2. The Morgan fingerprint density at radius 2 is 1.55 bits per heavy atom. The van der Waals surface area contributed by atoms with Crippen LogP contribution in [0.1, 0.15) is 37.2 Å². The van der Waals surface area contributed by atoms with E-state index in [1.165, 1.54) is 21.9 Å². The summed E-state index contributed by atoms with van der Waals surface area (Å²) < 4.78 is 30.4. The fraction of sp³-hybridized carbons (Fsp3) is 0.289. The number of hydrogen-bond donors (Lipinski definition) is 4. The van der Waals surface area contributed by atoms with Crippen molar-refractivity contribution in [3.8, 4) is 11.1 Å². The molecule has 47 heavy (non-hydrogen) atoms. The smallest absolute Gasteiger partial charge is 0.315 e. The maximum atomic E-state index is 13.8. The fourth-order valence-electron chi connectivity index (χ4n) is 7.93. The predicted octanol–water partition coefficient (Wildman–Crippen LogP) is 6.58. The van der Waals surface area contributed by atoms with Crippen LogP contribution in [0, 0.1) is 0 Å². The van der Waals surface area contributed by atoms with Gasteiger partial charge in [-0.2, -0.15) is 0 Å². The summed E-state index contributed by atoms with van der Waals surface area (Å²) >= 11 is 0. The van der Waals surface area contributed by atoms with E-state index in [0.29, 0.717) is 23.5 Å². The van der Waals surface area contributed by atoms with Gasteiger partial charge in [-0.3, -0.25) is 4.72 Å². The Balaban J connectivity index is 1.26. The van der Waals surface area contributed by atoms with Crippen LogP contribution in [0.5, 0.6) is 0 Å². The van der Waals surface area contributed by atoms with Crippen molar-refractivity contribution in [2.24, 2.45) is 0 Å². The second kappa shape index (κ2) is 11.9. The lowest BCUT2D eigenvalue weighted by Crippen LogP contribution is -2.46. The van der Waals surface area contributed by atoms with E-state index in [2.05, 4.69) is 74.1 Å². The molecule has 2 amide bonds. The number of carbonyl (C=O) groups is 1. The second-order valence-corrected chi connectivity index (χ2v) is 14.8. The third-order valence-corrected chi connectivity index (χ3v) is 11.8. The van der Waals surface area contributed by atoms with Crippen molar-refractivity contribution in [1.29, 1.82) is 0 Å². The maximum absolute atomic E-state index is 13.8. The first-order valence-corrected chi connectivity index (χ1v) is 18.1. The highest BCUT2D eigenvalue weighted by Crippen LogP contribution is 2.46. The van der Waals surface area contributed by atoms with E-state index in [1.807, 2.05) is 30.3 Å². The molecule has 0 atom stereocenters. The largest absolute Gasteiger partial charge is 0.368 e. The number of fused-ring (bicyclic) bond motifs is 2. The monoisotopic (exact) mass is 645 g/mol. The molecule has 0 unspecified atom stereocenters.